The van der Waals surface area contributed by atoms with Crippen molar-refractivity contribution in [2.24, 2.45) is 23.7 Å². The minimum atomic E-state index is -0.205. The first-order chi connectivity index (χ1) is 8.74. The summed E-state index contributed by atoms with van der Waals surface area (Å²) in [4.78, 5) is 24.7. The minimum Gasteiger partial charge on any atom is -0.361 e. The first-order valence-electron chi connectivity index (χ1n) is 6.81. The molecule has 0 aromatic carbocycles. The highest BCUT2D eigenvalue weighted by molar-refractivity contribution is 5.98. The summed E-state index contributed by atoms with van der Waals surface area (Å²) >= 11 is 0. The van der Waals surface area contributed by atoms with Gasteiger partial charge in [-0.2, -0.15) is 0 Å². The molecule has 0 spiro atoms. The van der Waals surface area contributed by atoms with E-state index in [-0.39, 0.29) is 59.7 Å². The maximum Gasteiger partial charge on any atom is 0.168 e. The summed E-state index contributed by atoms with van der Waals surface area (Å²) in [7, 11) is 0. The van der Waals surface area contributed by atoms with Crippen LogP contribution in [0.2, 0.25) is 0 Å². The van der Waals surface area contributed by atoms with E-state index in [1.165, 1.54) is 0 Å². The maximum atomic E-state index is 12.4. The Balaban J connectivity index is 1.57. The number of epoxide rings is 2. The number of ketones is 2. The van der Waals surface area contributed by atoms with E-state index in [1.54, 1.807) is 0 Å². The fourth-order valence-electron chi connectivity index (χ4n) is 4.34. The van der Waals surface area contributed by atoms with Gasteiger partial charge in [0.2, 0.25) is 0 Å². The van der Waals surface area contributed by atoms with Gasteiger partial charge >= 0.3 is 0 Å². The third-order valence-corrected chi connectivity index (χ3v) is 5.31. The van der Waals surface area contributed by atoms with Crippen molar-refractivity contribution < 1.29 is 19.1 Å². The van der Waals surface area contributed by atoms with Crippen LogP contribution in [0.4, 0.5) is 0 Å². The molecule has 0 amide bonds. The first kappa shape index (κ1) is 9.87. The van der Waals surface area contributed by atoms with Crippen LogP contribution in [0.25, 0.3) is 0 Å². The van der Waals surface area contributed by atoms with Crippen LogP contribution in [0, 0.1) is 23.7 Å². The molecule has 4 nitrogen and oxygen atoms in total. The second-order valence-corrected chi connectivity index (χ2v) is 6.23. The molecule has 4 fully saturated rings. The molecular formula is C14H14O4. The Morgan fingerprint density at radius 2 is 1.28 bits per heavy atom. The Kier molecular flexibility index (Phi) is 1.61. The van der Waals surface area contributed by atoms with E-state index >= 15 is 0 Å². The number of Topliss-reactive ketones (excluding diaryl/α,β-unsaturated/α-hetero) is 2. The zero-order valence-electron chi connectivity index (χ0n) is 9.82. The molecule has 0 bridgehead atoms. The summed E-state index contributed by atoms with van der Waals surface area (Å²) < 4.78 is 10.8. The van der Waals surface area contributed by atoms with Gasteiger partial charge in [-0.25, -0.2) is 0 Å². The molecular weight excluding hydrogens is 232 g/mol. The average Bonchev–Trinajstić information content (AvgIpc) is 3.21. The lowest BCUT2D eigenvalue weighted by Crippen LogP contribution is -2.49. The smallest absolute Gasteiger partial charge is 0.168 e. The molecule has 2 heterocycles. The maximum absolute atomic E-state index is 12.4. The molecule has 0 N–H and O–H groups in total. The summed E-state index contributed by atoms with van der Waals surface area (Å²) in [6, 6.07) is 0. The molecule has 0 aromatic rings. The van der Waals surface area contributed by atoms with Crippen molar-refractivity contribution in [1.29, 1.82) is 0 Å². The molecule has 2 unspecified atom stereocenters. The first-order valence-corrected chi connectivity index (χ1v) is 6.81. The quantitative estimate of drug-likeness (QED) is 0.461. The van der Waals surface area contributed by atoms with E-state index in [0.717, 1.165) is 12.8 Å². The second-order valence-electron chi connectivity index (χ2n) is 6.23. The monoisotopic (exact) mass is 246 g/mol. The molecule has 18 heavy (non-hydrogen) atoms. The predicted molar refractivity (Wildman–Crippen MR) is 59.7 cm³/mol. The van der Waals surface area contributed by atoms with Crippen LogP contribution in [0.5, 0.6) is 0 Å². The molecule has 0 radical (unpaired) electrons. The van der Waals surface area contributed by atoms with Gasteiger partial charge in [-0.05, 0) is 24.7 Å². The number of carbonyl (C=O) groups excluding carboxylic acids is 2. The largest absolute Gasteiger partial charge is 0.361 e. The third-order valence-electron chi connectivity index (χ3n) is 5.31. The molecule has 2 aliphatic heterocycles. The van der Waals surface area contributed by atoms with Gasteiger partial charge in [-0.1, -0.05) is 12.2 Å². The SMILES string of the molecule is O=C1C2O[C@@H]2C[C@H]2C=C[C@@H]3CC4O[C@H]4C(=O)[C@H]3[C@H]12. The lowest BCUT2D eigenvalue weighted by Gasteiger charge is -2.40. The molecule has 0 aromatic heterocycles. The molecule has 2 saturated heterocycles. The second kappa shape index (κ2) is 2.94. The molecule has 8 atom stereocenters. The third kappa shape index (κ3) is 1.09. The summed E-state index contributed by atoms with van der Waals surface area (Å²) in [5.74, 6) is 0.484. The van der Waals surface area contributed by atoms with E-state index in [4.69, 9.17) is 9.47 Å². The van der Waals surface area contributed by atoms with E-state index in [0.29, 0.717) is 0 Å². The van der Waals surface area contributed by atoms with Crippen molar-refractivity contribution in [2.45, 2.75) is 37.3 Å². The van der Waals surface area contributed by atoms with Crippen molar-refractivity contribution in [3.05, 3.63) is 12.2 Å². The summed E-state index contributed by atoms with van der Waals surface area (Å²) in [5.41, 5.74) is 0. The molecule has 5 aliphatic rings. The predicted octanol–water partition coefficient (Wildman–Crippen LogP) is 0.501. The Morgan fingerprint density at radius 3 is 1.72 bits per heavy atom. The number of carbonyl (C=O) groups is 2. The van der Waals surface area contributed by atoms with Crippen LogP contribution < -0.4 is 0 Å². The van der Waals surface area contributed by atoms with Crippen molar-refractivity contribution in [3.63, 3.8) is 0 Å². The standard InChI is InChI=1S/C14H14O4/c15-11-9-5(3-7-13(11)17-7)1-2-6-4-8-14(18-8)12(16)10(6)9/h1-2,5-10,13-14H,3-4H2/t5-,6-,7-,8?,9-,10-,13?,14-/m1/s1. The van der Waals surface area contributed by atoms with Gasteiger partial charge in [-0.3, -0.25) is 9.59 Å². The van der Waals surface area contributed by atoms with Gasteiger partial charge in [0.05, 0.1) is 12.2 Å². The van der Waals surface area contributed by atoms with E-state index in [1.807, 2.05) is 0 Å². The lowest BCUT2D eigenvalue weighted by atomic mass is 9.60. The normalized spacial score (nSPS) is 59.3. The highest BCUT2D eigenvalue weighted by atomic mass is 16.6. The van der Waals surface area contributed by atoms with E-state index in [9.17, 15) is 9.59 Å². The molecule has 3 aliphatic carbocycles. The number of hydrogen-bond acceptors (Lipinski definition) is 4. The zero-order valence-corrected chi connectivity index (χ0v) is 9.82. The highest BCUT2D eigenvalue weighted by Crippen LogP contribution is 2.53. The van der Waals surface area contributed by atoms with Crippen LogP contribution in [0.1, 0.15) is 12.8 Å². The molecule has 94 valence electrons. The Labute approximate surface area is 104 Å². The summed E-state index contributed by atoms with van der Waals surface area (Å²) in [6.07, 6.45) is 5.96. The topological polar surface area (TPSA) is 59.2 Å². The van der Waals surface area contributed by atoms with Crippen LogP contribution >= 0.6 is 0 Å². The zero-order chi connectivity index (χ0) is 12.0. The number of fused-ring (bicyclic) bond motifs is 5. The van der Waals surface area contributed by atoms with Gasteiger partial charge in [-0.15, -0.1) is 0 Å². The summed E-state index contributed by atoms with van der Waals surface area (Å²) in [5, 5.41) is 0. The van der Waals surface area contributed by atoms with Gasteiger partial charge in [0.25, 0.3) is 0 Å². The number of allylic oxidation sites excluding steroid dienone is 2. The Bertz CT molecular complexity index is 452. The fourth-order valence-corrected chi connectivity index (χ4v) is 4.34. The molecule has 2 saturated carbocycles. The minimum absolute atomic E-state index is 0.128. The number of hydrogen-bond donors (Lipinski definition) is 0. The summed E-state index contributed by atoms with van der Waals surface area (Å²) in [6.45, 7) is 0. The molecule has 4 heteroatoms. The van der Waals surface area contributed by atoms with Gasteiger partial charge in [0.1, 0.15) is 12.2 Å². The van der Waals surface area contributed by atoms with Crippen molar-refractivity contribution >= 4 is 11.6 Å². The van der Waals surface area contributed by atoms with Crippen LogP contribution in [0.3, 0.4) is 0 Å². The van der Waals surface area contributed by atoms with Crippen LogP contribution in [-0.2, 0) is 19.1 Å². The van der Waals surface area contributed by atoms with E-state index in [2.05, 4.69) is 12.2 Å². The highest BCUT2D eigenvalue weighted by Gasteiger charge is 2.63. The van der Waals surface area contributed by atoms with Gasteiger partial charge in [0.15, 0.2) is 11.6 Å². The molecule has 5 rings (SSSR count). The number of rotatable bonds is 0. The Hall–Kier alpha value is -1.00. The number of ether oxygens (including phenoxy) is 2. The Morgan fingerprint density at radius 1 is 0.833 bits per heavy atom. The van der Waals surface area contributed by atoms with E-state index < -0.39 is 0 Å². The van der Waals surface area contributed by atoms with Crippen LogP contribution in [-0.4, -0.2) is 36.0 Å². The van der Waals surface area contributed by atoms with Gasteiger partial charge in [0, 0.05) is 11.8 Å². The van der Waals surface area contributed by atoms with Crippen LogP contribution in [0.15, 0.2) is 12.2 Å². The van der Waals surface area contributed by atoms with Gasteiger partial charge < -0.3 is 9.47 Å². The lowest BCUT2D eigenvalue weighted by molar-refractivity contribution is -0.138. The van der Waals surface area contributed by atoms with Crippen molar-refractivity contribution in [3.8, 4) is 0 Å². The van der Waals surface area contributed by atoms with Crippen molar-refractivity contribution in [1.82, 2.24) is 0 Å². The van der Waals surface area contributed by atoms with Crippen molar-refractivity contribution in [2.75, 3.05) is 0 Å². The fraction of sp³-hybridized carbons (Fsp3) is 0.714. The average molecular weight is 246 g/mol.